The second-order valence-corrected chi connectivity index (χ2v) is 7.45. The maximum Gasteiger partial charge on any atom is 0.433 e. The number of hydrogen-bond acceptors (Lipinski definition) is 5. The van der Waals surface area contributed by atoms with Gasteiger partial charge in [-0.2, -0.15) is 0 Å². The molecule has 2 aromatic heterocycles. The SMILES string of the molecule is Cc1cc2ncn(CC3CCN(C(=O)c4ccc([N+](=O)[O-])o4)CC3)c2cc1C. The van der Waals surface area contributed by atoms with Crippen LogP contribution in [-0.2, 0) is 6.54 Å². The molecule has 0 atom stereocenters. The van der Waals surface area contributed by atoms with Gasteiger partial charge in [-0.3, -0.25) is 14.9 Å². The van der Waals surface area contributed by atoms with E-state index in [0.29, 0.717) is 19.0 Å². The van der Waals surface area contributed by atoms with Crippen molar-refractivity contribution in [2.75, 3.05) is 13.1 Å². The number of nitrogens with zero attached hydrogens (tertiary/aromatic N) is 4. The first kappa shape index (κ1) is 18.2. The molecule has 3 aromatic rings. The van der Waals surface area contributed by atoms with E-state index in [1.54, 1.807) is 4.90 Å². The third-order valence-corrected chi connectivity index (χ3v) is 5.58. The largest absolute Gasteiger partial charge is 0.433 e. The van der Waals surface area contributed by atoms with Crippen molar-refractivity contribution in [3.63, 3.8) is 0 Å². The van der Waals surface area contributed by atoms with Crippen LogP contribution in [0, 0.1) is 29.9 Å². The molecule has 0 saturated carbocycles. The number of likely N-dealkylation sites (tertiary alicyclic amines) is 1. The highest BCUT2D eigenvalue weighted by molar-refractivity contribution is 5.91. The van der Waals surface area contributed by atoms with Crippen molar-refractivity contribution in [1.29, 1.82) is 0 Å². The molecule has 0 N–H and O–H groups in total. The maximum atomic E-state index is 12.5. The lowest BCUT2D eigenvalue weighted by atomic mass is 9.96. The van der Waals surface area contributed by atoms with Crippen LogP contribution >= 0.6 is 0 Å². The lowest BCUT2D eigenvalue weighted by Gasteiger charge is -2.31. The summed E-state index contributed by atoms with van der Waals surface area (Å²) in [6.45, 7) is 6.29. The monoisotopic (exact) mass is 382 g/mol. The van der Waals surface area contributed by atoms with Crippen LogP contribution in [0.5, 0.6) is 0 Å². The molecular weight excluding hydrogens is 360 g/mol. The summed E-state index contributed by atoms with van der Waals surface area (Å²) >= 11 is 0. The molecule has 0 aliphatic carbocycles. The Labute approximate surface area is 161 Å². The van der Waals surface area contributed by atoms with Gasteiger partial charge in [0, 0.05) is 19.6 Å². The topological polar surface area (TPSA) is 94.4 Å². The maximum absolute atomic E-state index is 12.5. The summed E-state index contributed by atoms with van der Waals surface area (Å²) in [7, 11) is 0. The molecule has 0 bridgehead atoms. The zero-order valence-electron chi connectivity index (χ0n) is 15.9. The fourth-order valence-corrected chi connectivity index (χ4v) is 3.75. The zero-order chi connectivity index (χ0) is 19.8. The first-order chi connectivity index (χ1) is 13.4. The van der Waals surface area contributed by atoms with Gasteiger partial charge < -0.3 is 13.9 Å². The highest BCUT2D eigenvalue weighted by atomic mass is 16.6. The van der Waals surface area contributed by atoms with E-state index in [1.807, 2.05) is 6.33 Å². The van der Waals surface area contributed by atoms with Gasteiger partial charge in [0.2, 0.25) is 0 Å². The Kier molecular flexibility index (Phi) is 4.62. The van der Waals surface area contributed by atoms with E-state index >= 15 is 0 Å². The van der Waals surface area contributed by atoms with Crippen LogP contribution in [-0.4, -0.2) is 38.4 Å². The molecule has 8 heteroatoms. The molecule has 0 unspecified atom stereocenters. The molecule has 0 radical (unpaired) electrons. The van der Waals surface area contributed by atoms with Crippen molar-refractivity contribution >= 4 is 22.8 Å². The van der Waals surface area contributed by atoms with E-state index in [9.17, 15) is 14.9 Å². The number of benzene rings is 1. The summed E-state index contributed by atoms with van der Waals surface area (Å²) in [4.78, 5) is 28.8. The third kappa shape index (κ3) is 3.37. The van der Waals surface area contributed by atoms with Crippen LogP contribution in [0.15, 0.2) is 35.0 Å². The van der Waals surface area contributed by atoms with Crippen molar-refractivity contribution < 1.29 is 14.1 Å². The van der Waals surface area contributed by atoms with Crippen LogP contribution in [0.2, 0.25) is 0 Å². The smallest absolute Gasteiger partial charge is 0.395 e. The number of imidazole rings is 1. The molecule has 1 amide bonds. The van der Waals surface area contributed by atoms with Crippen LogP contribution in [0.3, 0.4) is 0 Å². The van der Waals surface area contributed by atoms with E-state index in [2.05, 4.69) is 35.5 Å². The van der Waals surface area contributed by atoms with E-state index < -0.39 is 10.8 Å². The number of carbonyl (C=O) groups is 1. The molecule has 146 valence electrons. The molecule has 4 rings (SSSR count). The van der Waals surface area contributed by atoms with Gasteiger partial charge in [0.1, 0.15) is 4.92 Å². The Morgan fingerprint density at radius 1 is 1.25 bits per heavy atom. The van der Waals surface area contributed by atoms with Gasteiger partial charge >= 0.3 is 5.88 Å². The number of amides is 1. The number of carbonyl (C=O) groups excluding carboxylic acids is 1. The summed E-state index contributed by atoms with van der Waals surface area (Å²) in [5, 5.41) is 10.7. The zero-order valence-corrected chi connectivity index (χ0v) is 15.9. The number of hydrogen-bond donors (Lipinski definition) is 0. The minimum atomic E-state index is -0.637. The van der Waals surface area contributed by atoms with Crippen molar-refractivity contribution in [1.82, 2.24) is 14.5 Å². The Balaban J connectivity index is 1.40. The van der Waals surface area contributed by atoms with E-state index in [4.69, 9.17) is 4.42 Å². The highest BCUT2D eigenvalue weighted by Crippen LogP contribution is 2.25. The predicted octanol–water partition coefficient (Wildman–Crippen LogP) is 3.71. The Morgan fingerprint density at radius 2 is 1.96 bits per heavy atom. The summed E-state index contributed by atoms with van der Waals surface area (Å²) < 4.78 is 7.23. The molecule has 0 spiro atoms. The fourth-order valence-electron chi connectivity index (χ4n) is 3.75. The summed E-state index contributed by atoms with van der Waals surface area (Å²) in [6.07, 6.45) is 3.64. The van der Waals surface area contributed by atoms with Gasteiger partial charge in [-0.05, 0) is 61.9 Å². The molecular formula is C20H22N4O4. The average molecular weight is 382 g/mol. The molecule has 1 aliphatic heterocycles. The first-order valence-electron chi connectivity index (χ1n) is 9.38. The second kappa shape index (κ2) is 7.10. The first-order valence-corrected chi connectivity index (χ1v) is 9.38. The predicted molar refractivity (Wildman–Crippen MR) is 103 cm³/mol. The molecule has 28 heavy (non-hydrogen) atoms. The van der Waals surface area contributed by atoms with E-state index in [1.165, 1.54) is 23.3 Å². The quantitative estimate of drug-likeness (QED) is 0.506. The molecule has 1 fully saturated rings. The van der Waals surface area contributed by atoms with Gasteiger partial charge in [0.05, 0.1) is 23.4 Å². The standard InChI is InChI=1S/C20H22N4O4/c1-13-9-16-17(10-14(13)2)23(12-21-16)11-15-5-7-22(8-6-15)20(25)18-3-4-19(28-18)24(26)27/h3-4,9-10,12,15H,5-8,11H2,1-2H3. The Morgan fingerprint density at radius 3 is 2.64 bits per heavy atom. The Hall–Kier alpha value is -3.16. The summed E-state index contributed by atoms with van der Waals surface area (Å²) in [6, 6.07) is 6.88. The second-order valence-electron chi connectivity index (χ2n) is 7.45. The van der Waals surface area contributed by atoms with Crippen molar-refractivity contribution in [3.05, 3.63) is 57.6 Å². The van der Waals surface area contributed by atoms with Gasteiger partial charge in [-0.25, -0.2) is 4.98 Å². The van der Waals surface area contributed by atoms with Crippen LogP contribution < -0.4 is 0 Å². The normalized spacial score (nSPS) is 15.3. The Bertz CT molecular complexity index is 1040. The van der Waals surface area contributed by atoms with Crippen LogP contribution in [0.1, 0.15) is 34.5 Å². The molecule has 1 aliphatic rings. The molecule has 1 saturated heterocycles. The third-order valence-electron chi connectivity index (χ3n) is 5.58. The number of aryl methyl sites for hydroxylation is 2. The lowest BCUT2D eigenvalue weighted by molar-refractivity contribution is -0.402. The van der Waals surface area contributed by atoms with Crippen LogP contribution in [0.25, 0.3) is 11.0 Å². The van der Waals surface area contributed by atoms with Crippen LogP contribution in [0.4, 0.5) is 5.88 Å². The number of furan rings is 1. The fraction of sp³-hybridized carbons (Fsp3) is 0.400. The van der Waals surface area contributed by atoms with Gasteiger partial charge in [-0.1, -0.05) is 0 Å². The van der Waals surface area contributed by atoms with E-state index in [0.717, 1.165) is 30.4 Å². The molecule has 1 aromatic carbocycles. The molecule has 3 heterocycles. The van der Waals surface area contributed by atoms with Crippen molar-refractivity contribution in [2.24, 2.45) is 5.92 Å². The number of nitro groups is 1. The summed E-state index contributed by atoms with van der Waals surface area (Å²) in [5.41, 5.74) is 4.64. The van der Waals surface area contributed by atoms with Gasteiger partial charge in [-0.15, -0.1) is 0 Å². The number of fused-ring (bicyclic) bond motifs is 1. The van der Waals surface area contributed by atoms with Gasteiger partial charge in [0.25, 0.3) is 5.91 Å². The van der Waals surface area contributed by atoms with Gasteiger partial charge in [0.15, 0.2) is 5.76 Å². The van der Waals surface area contributed by atoms with E-state index in [-0.39, 0.29) is 11.7 Å². The summed E-state index contributed by atoms with van der Waals surface area (Å²) in [5.74, 6) is -0.216. The van der Waals surface area contributed by atoms with Crippen molar-refractivity contribution in [3.8, 4) is 0 Å². The highest BCUT2D eigenvalue weighted by Gasteiger charge is 2.27. The lowest BCUT2D eigenvalue weighted by Crippen LogP contribution is -2.39. The minimum absolute atomic E-state index is 0.0246. The molecule has 8 nitrogen and oxygen atoms in total. The average Bonchev–Trinajstić information content (AvgIpc) is 3.31. The number of rotatable bonds is 4. The number of aromatic nitrogens is 2. The number of piperidine rings is 1. The minimum Gasteiger partial charge on any atom is -0.395 e. The van der Waals surface area contributed by atoms with Crippen molar-refractivity contribution in [2.45, 2.75) is 33.2 Å².